The fourth-order valence-electron chi connectivity index (χ4n) is 0.830. The van der Waals surface area contributed by atoms with Crippen LogP contribution in [0.5, 0.6) is 0 Å². The van der Waals surface area contributed by atoms with Gasteiger partial charge in [0.2, 0.25) is 5.91 Å². The molecule has 0 aromatic rings. The summed E-state index contributed by atoms with van der Waals surface area (Å²) in [6.45, 7) is 6.33. The van der Waals surface area contributed by atoms with Crippen LogP contribution in [0.4, 0.5) is 0 Å². The predicted octanol–water partition coefficient (Wildman–Crippen LogP) is 1.13. The molecule has 1 amide bonds. The minimum atomic E-state index is -0.434. The number of aliphatic imine (C=N–C) groups is 1. The number of carbonyl (C=O) groups excluding carboxylic acids is 1. The van der Waals surface area contributed by atoms with Crippen LogP contribution in [0, 0.1) is 5.41 Å². The Kier molecular flexibility index (Phi) is 4.10. The predicted molar refractivity (Wildman–Crippen MR) is 68.1 cm³/mol. The molecule has 1 heterocycles. The van der Waals surface area contributed by atoms with Crippen molar-refractivity contribution in [2.45, 2.75) is 20.8 Å². The molecule has 2 N–H and O–H groups in total. The van der Waals surface area contributed by atoms with E-state index in [1.54, 1.807) is 11.8 Å². The number of amidine groups is 1. The summed E-state index contributed by atoms with van der Waals surface area (Å²) in [5, 5.41) is 6.64. The monoisotopic (exact) mass is 245 g/mol. The van der Waals surface area contributed by atoms with Crippen LogP contribution in [0.1, 0.15) is 20.8 Å². The van der Waals surface area contributed by atoms with E-state index in [-0.39, 0.29) is 5.91 Å². The first-order valence-electron chi connectivity index (χ1n) is 4.69. The van der Waals surface area contributed by atoms with E-state index in [1.165, 1.54) is 0 Å². The summed E-state index contributed by atoms with van der Waals surface area (Å²) in [4.78, 5) is 15.7. The van der Waals surface area contributed by atoms with Crippen molar-refractivity contribution in [2.24, 2.45) is 10.4 Å². The molecule has 0 saturated heterocycles. The summed E-state index contributed by atoms with van der Waals surface area (Å²) in [5.74, 6) is 0.877. The molecule has 0 bridgehead atoms. The maximum absolute atomic E-state index is 11.6. The summed E-state index contributed by atoms with van der Waals surface area (Å²) in [7, 11) is 0. The van der Waals surface area contributed by atoms with E-state index in [0.29, 0.717) is 5.11 Å². The van der Waals surface area contributed by atoms with Crippen LogP contribution in [0.15, 0.2) is 4.99 Å². The Bertz CT molecular complexity index is 307. The minimum absolute atomic E-state index is 0.0939. The van der Waals surface area contributed by atoms with Gasteiger partial charge >= 0.3 is 0 Å². The van der Waals surface area contributed by atoms with Crippen molar-refractivity contribution in [3.63, 3.8) is 0 Å². The highest BCUT2D eigenvalue weighted by molar-refractivity contribution is 8.14. The molecule has 1 aliphatic heterocycles. The number of nitrogens with zero attached hydrogens (tertiary/aromatic N) is 1. The summed E-state index contributed by atoms with van der Waals surface area (Å²) in [5.41, 5.74) is -0.434. The molecule has 6 heteroatoms. The molecular weight excluding hydrogens is 230 g/mol. The normalized spacial score (nSPS) is 15.8. The van der Waals surface area contributed by atoms with Crippen molar-refractivity contribution in [3.8, 4) is 0 Å². The van der Waals surface area contributed by atoms with E-state index in [4.69, 9.17) is 12.2 Å². The van der Waals surface area contributed by atoms with Crippen molar-refractivity contribution in [1.82, 2.24) is 10.6 Å². The second kappa shape index (κ2) is 4.94. The number of nitrogens with one attached hydrogen (secondary N) is 2. The molecule has 15 heavy (non-hydrogen) atoms. The zero-order valence-electron chi connectivity index (χ0n) is 9.09. The number of rotatable bonds is 0. The standard InChI is InChI=1S/C9H15N3OS2/c1-9(2,3)6(13)11-7(14)12-8-10-4-5-15-8/h4-5H2,1-3H3,(H2,10,11,12,13,14). The van der Waals surface area contributed by atoms with Gasteiger partial charge in [0.15, 0.2) is 10.3 Å². The van der Waals surface area contributed by atoms with Gasteiger partial charge in [-0.1, -0.05) is 32.5 Å². The van der Waals surface area contributed by atoms with E-state index in [9.17, 15) is 4.79 Å². The Balaban J connectivity index is 2.39. The van der Waals surface area contributed by atoms with Crippen LogP contribution in [0.3, 0.4) is 0 Å². The molecule has 1 aliphatic rings. The lowest BCUT2D eigenvalue weighted by atomic mass is 9.96. The molecule has 0 aromatic heterocycles. The molecule has 0 spiro atoms. The zero-order valence-corrected chi connectivity index (χ0v) is 10.7. The largest absolute Gasteiger partial charge is 0.312 e. The molecule has 0 atom stereocenters. The van der Waals surface area contributed by atoms with Crippen LogP contribution in [-0.4, -0.2) is 28.5 Å². The highest BCUT2D eigenvalue weighted by Gasteiger charge is 2.22. The van der Waals surface area contributed by atoms with Crippen LogP contribution in [-0.2, 0) is 4.79 Å². The number of thioether (sulfide) groups is 1. The first-order chi connectivity index (χ1) is 6.89. The highest BCUT2D eigenvalue weighted by atomic mass is 32.2. The average molecular weight is 245 g/mol. The van der Waals surface area contributed by atoms with E-state index in [2.05, 4.69) is 15.6 Å². The molecule has 0 saturated carbocycles. The van der Waals surface area contributed by atoms with Crippen molar-refractivity contribution in [1.29, 1.82) is 0 Å². The Morgan fingerprint density at radius 3 is 2.67 bits per heavy atom. The second-order valence-corrected chi connectivity index (χ2v) is 5.69. The van der Waals surface area contributed by atoms with Gasteiger partial charge in [0.05, 0.1) is 6.54 Å². The molecule has 0 aromatic carbocycles. The first-order valence-corrected chi connectivity index (χ1v) is 6.08. The van der Waals surface area contributed by atoms with Gasteiger partial charge in [-0.3, -0.25) is 9.79 Å². The molecule has 0 fully saturated rings. The van der Waals surface area contributed by atoms with Crippen molar-refractivity contribution in [2.75, 3.05) is 12.3 Å². The first kappa shape index (κ1) is 12.4. The summed E-state index contributed by atoms with van der Waals surface area (Å²) >= 11 is 6.60. The van der Waals surface area contributed by atoms with Crippen LogP contribution < -0.4 is 10.6 Å². The van der Waals surface area contributed by atoms with E-state index >= 15 is 0 Å². The third-order valence-electron chi connectivity index (χ3n) is 1.71. The number of carbonyl (C=O) groups is 1. The van der Waals surface area contributed by atoms with Gasteiger partial charge in [0.25, 0.3) is 0 Å². The van der Waals surface area contributed by atoms with Gasteiger partial charge in [0, 0.05) is 11.2 Å². The topological polar surface area (TPSA) is 53.5 Å². The summed E-state index contributed by atoms with van der Waals surface area (Å²) in [6, 6.07) is 0. The fraction of sp³-hybridized carbons (Fsp3) is 0.667. The lowest BCUT2D eigenvalue weighted by molar-refractivity contribution is -0.126. The maximum Gasteiger partial charge on any atom is 0.231 e. The van der Waals surface area contributed by atoms with Crippen molar-refractivity contribution >= 4 is 40.2 Å². The van der Waals surface area contributed by atoms with Crippen molar-refractivity contribution < 1.29 is 4.79 Å². The van der Waals surface area contributed by atoms with Gasteiger partial charge in [-0.05, 0) is 12.2 Å². The zero-order chi connectivity index (χ0) is 11.5. The average Bonchev–Trinajstić information content (AvgIpc) is 2.54. The van der Waals surface area contributed by atoms with E-state index in [1.807, 2.05) is 20.8 Å². The van der Waals surface area contributed by atoms with Crippen molar-refractivity contribution in [3.05, 3.63) is 0 Å². The molecule has 0 radical (unpaired) electrons. The Morgan fingerprint density at radius 2 is 2.20 bits per heavy atom. The third kappa shape index (κ3) is 4.17. The molecule has 1 rings (SSSR count). The Labute approximate surface area is 99.3 Å². The quantitative estimate of drug-likeness (QED) is 0.628. The summed E-state index contributed by atoms with van der Waals surface area (Å²) in [6.07, 6.45) is 0. The number of thiocarbonyl (C=S) groups is 1. The highest BCUT2D eigenvalue weighted by Crippen LogP contribution is 2.12. The molecule has 4 nitrogen and oxygen atoms in total. The fourth-order valence-corrected chi connectivity index (χ4v) is 1.82. The van der Waals surface area contributed by atoms with Crippen LogP contribution >= 0.6 is 24.0 Å². The molecule has 84 valence electrons. The van der Waals surface area contributed by atoms with Gasteiger partial charge < -0.3 is 10.6 Å². The Hall–Kier alpha value is -0.620. The van der Waals surface area contributed by atoms with Gasteiger partial charge in [0.1, 0.15) is 0 Å². The smallest absolute Gasteiger partial charge is 0.231 e. The van der Waals surface area contributed by atoms with Crippen LogP contribution in [0.2, 0.25) is 0 Å². The lowest BCUT2D eigenvalue weighted by Gasteiger charge is -2.18. The number of hydrogen-bond acceptors (Lipinski definition) is 4. The van der Waals surface area contributed by atoms with Gasteiger partial charge in [-0.2, -0.15) is 0 Å². The lowest BCUT2D eigenvalue weighted by Crippen LogP contribution is -2.45. The molecule has 0 unspecified atom stereocenters. The Morgan fingerprint density at radius 1 is 1.53 bits per heavy atom. The van der Waals surface area contributed by atoms with E-state index < -0.39 is 5.41 Å². The van der Waals surface area contributed by atoms with Gasteiger partial charge in [-0.25, -0.2) is 0 Å². The summed E-state index contributed by atoms with van der Waals surface area (Å²) < 4.78 is 0. The number of amides is 1. The van der Waals surface area contributed by atoms with Crippen LogP contribution in [0.25, 0.3) is 0 Å². The molecular formula is C9H15N3OS2. The minimum Gasteiger partial charge on any atom is -0.312 e. The SMILES string of the molecule is CC(C)(C)C(=O)NC(=S)NC1=NCCS1. The third-order valence-corrected chi connectivity index (χ3v) is 2.81. The van der Waals surface area contributed by atoms with Gasteiger partial charge in [-0.15, -0.1) is 0 Å². The maximum atomic E-state index is 11.6. The molecule has 0 aliphatic carbocycles. The van der Waals surface area contributed by atoms with E-state index in [0.717, 1.165) is 17.5 Å². The second-order valence-electron chi connectivity index (χ2n) is 4.19. The number of hydrogen-bond donors (Lipinski definition) is 2.